The Hall–Kier alpha value is -3.62. The molecule has 4 aliphatic rings. The highest BCUT2D eigenvalue weighted by Crippen LogP contribution is 2.34. The number of nitrogens with zero attached hydrogens (tertiary/aromatic N) is 2. The van der Waals surface area contributed by atoms with E-state index < -0.39 is 11.4 Å². The maximum Gasteiger partial charge on any atom is 0.239 e. The first kappa shape index (κ1) is 19.3. The van der Waals surface area contributed by atoms with Gasteiger partial charge in [-0.2, -0.15) is 0 Å². The van der Waals surface area contributed by atoms with Gasteiger partial charge in [-0.3, -0.25) is 0 Å². The molecule has 2 atom stereocenters. The molecule has 1 aromatic rings. The first-order valence-electron chi connectivity index (χ1n) is 9.75. The SMILES string of the molecule is COC1=CC2=CC3=NC(OC)(C=C3)C(OC)=C3C=CC(=N3)C=c3ccc([nH]3)=CC1(O)N2. The van der Waals surface area contributed by atoms with Crippen molar-refractivity contribution in [2.75, 3.05) is 21.3 Å². The number of aliphatic imine (C=N–C) groups is 2. The van der Waals surface area contributed by atoms with Crippen LogP contribution in [0.2, 0.25) is 0 Å². The van der Waals surface area contributed by atoms with Gasteiger partial charge in [0.25, 0.3) is 0 Å². The van der Waals surface area contributed by atoms with Gasteiger partial charge in [-0.1, -0.05) is 0 Å². The summed E-state index contributed by atoms with van der Waals surface area (Å²) < 4.78 is 16.9. The Kier molecular flexibility index (Phi) is 4.35. The third kappa shape index (κ3) is 3.17. The molecule has 0 spiro atoms. The summed E-state index contributed by atoms with van der Waals surface area (Å²) in [7, 11) is 4.67. The van der Waals surface area contributed by atoms with Gasteiger partial charge >= 0.3 is 0 Å². The summed E-state index contributed by atoms with van der Waals surface area (Å²) in [4.78, 5) is 12.7. The van der Waals surface area contributed by atoms with Crippen LogP contribution in [0.1, 0.15) is 0 Å². The summed E-state index contributed by atoms with van der Waals surface area (Å²) in [6.45, 7) is 0. The van der Waals surface area contributed by atoms with Crippen LogP contribution in [0.25, 0.3) is 12.2 Å². The maximum atomic E-state index is 11.2. The number of methoxy groups -OCH3 is 3. The van der Waals surface area contributed by atoms with E-state index in [0.29, 0.717) is 28.6 Å². The lowest BCUT2D eigenvalue weighted by Gasteiger charge is -2.25. The van der Waals surface area contributed by atoms with Gasteiger partial charge in [0.05, 0.1) is 25.6 Å². The number of hydrogen-bond donors (Lipinski definition) is 3. The highest BCUT2D eigenvalue weighted by Gasteiger charge is 2.40. The minimum Gasteiger partial charge on any atom is -0.496 e. The molecule has 0 saturated heterocycles. The van der Waals surface area contributed by atoms with Crippen LogP contribution in [0, 0.1) is 0 Å². The fourth-order valence-corrected chi connectivity index (χ4v) is 4.01. The topological polar surface area (TPSA) is 100 Å². The van der Waals surface area contributed by atoms with Crippen LogP contribution in [0.3, 0.4) is 0 Å². The highest BCUT2D eigenvalue weighted by atomic mass is 16.5. The molecule has 8 heteroatoms. The zero-order valence-electron chi connectivity index (χ0n) is 17.3. The van der Waals surface area contributed by atoms with Crippen molar-refractivity contribution >= 4 is 23.6 Å². The second kappa shape index (κ2) is 6.97. The van der Waals surface area contributed by atoms with E-state index in [1.54, 1.807) is 32.4 Å². The Bertz CT molecular complexity index is 1290. The van der Waals surface area contributed by atoms with Crippen molar-refractivity contribution in [1.29, 1.82) is 0 Å². The fraction of sp³-hybridized carbons (Fsp3) is 0.217. The summed E-state index contributed by atoms with van der Waals surface area (Å²) in [6, 6.07) is 3.79. The molecule has 4 aliphatic heterocycles. The first-order chi connectivity index (χ1) is 15.0. The molecule has 5 heterocycles. The molecule has 0 aliphatic carbocycles. The Morgan fingerprint density at radius 2 is 1.77 bits per heavy atom. The first-order valence-corrected chi connectivity index (χ1v) is 9.75. The molecule has 0 saturated carbocycles. The monoisotopic (exact) mass is 418 g/mol. The van der Waals surface area contributed by atoms with Crippen LogP contribution in [-0.4, -0.2) is 54.3 Å². The third-order valence-corrected chi connectivity index (χ3v) is 5.43. The van der Waals surface area contributed by atoms with Crippen LogP contribution in [0.5, 0.6) is 0 Å². The second-order valence-electron chi connectivity index (χ2n) is 7.42. The van der Waals surface area contributed by atoms with Crippen LogP contribution >= 0.6 is 0 Å². The van der Waals surface area contributed by atoms with Gasteiger partial charge in [-0.15, -0.1) is 0 Å². The van der Waals surface area contributed by atoms with E-state index in [1.807, 2.05) is 42.5 Å². The summed E-state index contributed by atoms with van der Waals surface area (Å²) in [5.74, 6) is 0.853. The number of fused-ring (bicyclic) bond motifs is 6. The number of nitrogens with one attached hydrogen (secondary N) is 2. The molecule has 0 radical (unpaired) electrons. The molecular weight excluding hydrogens is 396 g/mol. The van der Waals surface area contributed by atoms with E-state index in [9.17, 15) is 5.11 Å². The molecule has 0 aromatic carbocycles. The number of hydrogen-bond acceptors (Lipinski definition) is 7. The lowest BCUT2D eigenvalue weighted by molar-refractivity contribution is 0.0258. The lowest BCUT2D eigenvalue weighted by Crippen LogP contribution is -2.42. The van der Waals surface area contributed by atoms with Crippen molar-refractivity contribution in [2.24, 2.45) is 9.98 Å². The van der Waals surface area contributed by atoms with Crippen LogP contribution < -0.4 is 16.0 Å². The van der Waals surface area contributed by atoms with Crippen molar-refractivity contribution in [1.82, 2.24) is 10.3 Å². The normalized spacial score (nSPS) is 28.3. The van der Waals surface area contributed by atoms with Gasteiger partial charge in [0, 0.05) is 29.6 Å². The summed E-state index contributed by atoms with van der Waals surface area (Å²) in [5, 5.41) is 15.9. The minimum absolute atomic E-state index is 0.370. The van der Waals surface area contributed by atoms with Gasteiger partial charge in [-0.25, -0.2) is 9.98 Å². The van der Waals surface area contributed by atoms with E-state index in [1.165, 1.54) is 7.11 Å². The summed E-state index contributed by atoms with van der Waals surface area (Å²) in [5.41, 5.74) is 0.0338. The zero-order valence-corrected chi connectivity index (χ0v) is 17.3. The van der Waals surface area contributed by atoms with E-state index in [4.69, 9.17) is 19.2 Å². The molecule has 8 bridgehead atoms. The quantitative estimate of drug-likeness (QED) is 0.665. The Morgan fingerprint density at radius 1 is 0.935 bits per heavy atom. The Labute approximate surface area is 178 Å². The molecule has 5 rings (SSSR count). The molecule has 0 amide bonds. The molecule has 0 fully saturated rings. The average molecular weight is 418 g/mol. The van der Waals surface area contributed by atoms with E-state index in [0.717, 1.165) is 16.4 Å². The summed E-state index contributed by atoms with van der Waals surface area (Å²) >= 11 is 0. The van der Waals surface area contributed by atoms with Gasteiger partial charge in [0.1, 0.15) is 5.70 Å². The van der Waals surface area contributed by atoms with Crippen molar-refractivity contribution in [2.45, 2.75) is 11.4 Å². The van der Waals surface area contributed by atoms with E-state index in [2.05, 4.69) is 15.3 Å². The van der Waals surface area contributed by atoms with E-state index in [-0.39, 0.29) is 0 Å². The third-order valence-electron chi connectivity index (χ3n) is 5.43. The van der Waals surface area contributed by atoms with E-state index >= 15 is 0 Å². The number of aliphatic hydroxyl groups is 1. The standard InChI is InChI=1S/C23H22N4O4/c1-29-20-12-18-11-16-8-9-23(27-16,31-3)21(30-2)19-7-6-15(25-19)10-14-4-5-17(24-14)13-22(20,28)26-18/h4-13,24,26,28H,1-3H3. The van der Waals surface area contributed by atoms with Gasteiger partial charge < -0.3 is 29.6 Å². The fourth-order valence-electron chi connectivity index (χ4n) is 4.01. The molecule has 31 heavy (non-hydrogen) atoms. The predicted octanol–water partition coefficient (Wildman–Crippen LogP) is 0.518. The van der Waals surface area contributed by atoms with Crippen LogP contribution in [0.4, 0.5) is 0 Å². The molecule has 1 aromatic heterocycles. The smallest absolute Gasteiger partial charge is 0.239 e. The number of aromatic amines is 1. The van der Waals surface area contributed by atoms with Crippen molar-refractivity contribution < 1.29 is 19.3 Å². The molecule has 8 nitrogen and oxygen atoms in total. The average Bonchev–Trinajstić information content (AvgIpc) is 3.52. The number of H-pyrrole nitrogens is 1. The zero-order chi connectivity index (χ0) is 21.6. The number of ether oxygens (including phenoxy) is 3. The second-order valence-corrected chi connectivity index (χ2v) is 7.42. The molecular formula is C23H22N4O4. The number of aromatic nitrogens is 1. The largest absolute Gasteiger partial charge is 0.496 e. The Balaban J connectivity index is 1.76. The van der Waals surface area contributed by atoms with Gasteiger partial charge in [0.15, 0.2) is 11.5 Å². The maximum absolute atomic E-state index is 11.2. The Morgan fingerprint density at radius 3 is 2.55 bits per heavy atom. The van der Waals surface area contributed by atoms with Crippen LogP contribution in [-0.2, 0) is 14.2 Å². The summed E-state index contributed by atoms with van der Waals surface area (Å²) in [6.07, 6.45) is 14.5. The number of rotatable bonds is 3. The van der Waals surface area contributed by atoms with Crippen molar-refractivity contribution in [3.8, 4) is 0 Å². The van der Waals surface area contributed by atoms with Gasteiger partial charge in [-0.05, 0) is 54.7 Å². The van der Waals surface area contributed by atoms with Crippen molar-refractivity contribution in [3.63, 3.8) is 0 Å². The van der Waals surface area contributed by atoms with Crippen molar-refractivity contribution in [3.05, 3.63) is 82.2 Å². The van der Waals surface area contributed by atoms with Gasteiger partial charge in [0.2, 0.25) is 11.4 Å². The minimum atomic E-state index is -1.50. The number of allylic oxidation sites excluding steroid dienone is 5. The lowest BCUT2D eigenvalue weighted by atomic mass is 10.1. The molecule has 158 valence electrons. The molecule has 3 N–H and O–H groups in total. The molecule has 2 unspecified atom stereocenters. The van der Waals surface area contributed by atoms with Crippen LogP contribution in [0.15, 0.2) is 81.5 Å². The highest BCUT2D eigenvalue weighted by molar-refractivity contribution is 6.19. The predicted molar refractivity (Wildman–Crippen MR) is 117 cm³/mol.